The predicted octanol–water partition coefficient (Wildman–Crippen LogP) is 4.21. The van der Waals surface area contributed by atoms with Crippen LogP contribution in [0.3, 0.4) is 0 Å². The van der Waals surface area contributed by atoms with Crippen molar-refractivity contribution in [3.8, 4) is 23.0 Å². The maximum absolute atomic E-state index is 10.1. The topological polar surface area (TPSA) is 84.3 Å². The van der Waals surface area contributed by atoms with E-state index in [0.29, 0.717) is 24.8 Å². The Morgan fingerprint density at radius 2 is 1.74 bits per heavy atom. The third-order valence-electron chi connectivity index (χ3n) is 5.27. The highest BCUT2D eigenvalue weighted by molar-refractivity contribution is 14.0. The van der Waals surface area contributed by atoms with Crippen molar-refractivity contribution in [3.05, 3.63) is 47.5 Å². The molecule has 1 aliphatic carbocycles. The van der Waals surface area contributed by atoms with Crippen LogP contribution in [0.1, 0.15) is 36.8 Å². The molecule has 170 valence electrons. The van der Waals surface area contributed by atoms with Crippen LogP contribution < -0.4 is 24.8 Å². The average molecular weight is 541 g/mol. The van der Waals surface area contributed by atoms with Gasteiger partial charge in [0.2, 0.25) is 0 Å². The Labute approximate surface area is 201 Å². The molecule has 0 spiro atoms. The molecule has 0 unspecified atom stereocenters. The largest absolute Gasteiger partial charge is 0.508 e. The summed E-state index contributed by atoms with van der Waals surface area (Å²) in [4.78, 5) is 4.28. The number of phenols is 1. The van der Waals surface area contributed by atoms with Crippen LogP contribution >= 0.6 is 24.0 Å². The first-order valence-corrected chi connectivity index (χ1v) is 10.3. The van der Waals surface area contributed by atoms with Crippen molar-refractivity contribution in [1.29, 1.82) is 0 Å². The highest BCUT2D eigenvalue weighted by Crippen LogP contribution is 2.34. The Hall–Kier alpha value is -2.36. The molecule has 1 aliphatic rings. The second-order valence-corrected chi connectivity index (χ2v) is 7.25. The Bertz CT molecular complexity index is 870. The van der Waals surface area contributed by atoms with Gasteiger partial charge in [-0.3, -0.25) is 4.99 Å². The minimum Gasteiger partial charge on any atom is -0.508 e. The van der Waals surface area contributed by atoms with E-state index in [1.54, 1.807) is 39.5 Å². The molecule has 0 radical (unpaired) electrons. The smallest absolute Gasteiger partial charge is 0.191 e. The number of ether oxygens (including phenoxy) is 3. The molecule has 0 saturated heterocycles. The molecule has 0 amide bonds. The molecular formula is C23H32IN3O4. The number of halogens is 1. The van der Waals surface area contributed by atoms with Gasteiger partial charge in [0.1, 0.15) is 11.5 Å². The van der Waals surface area contributed by atoms with Crippen LogP contribution in [-0.4, -0.2) is 38.4 Å². The van der Waals surface area contributed by atoms with Gasteiger partial charge < -0.3 is 30.0 Å². The highest BCUT2D eigenvalue weighted by Gasteiger charge is 2.20. The number of hydrogen-bond acceptors (Lipinski definition) is 5. The number of aliphatic imine (C=N–C) groups is 1. The van der Waals surface area contributed by atoms with E-state index in [2.05, 4.69) is 15.6 Å². The number of aromatic hydroxyl groups is 1. The molecule has 3 rings (SSSR count). The van der Waals surface area contributed by atoms with Crippen molar-refractivity contribution in [2.75, 3.05) is 21.3 Å². The lowest BCUT2D eigenvalue weighted by Crippen LogP contribution is -2.36. The van der Waals surface area contributed by atoms with Gasteiger partial charge in [0.25, 0.3) is 0 Å². The third kappa shape index (κ3) is 6.81. The lowest BCUT2D eigenvalue weighted by Gasteiger charge is -2.20. The summed E-state index contributed by atoms with van der Waals surface area (Å²) in [6, 6.07) is 11.1. The zero-order chi connectivity index (χ0) is 21.3. The Balaban J connectivity index is 0.00000341. The maximum atomic E-state index is 10.1. The monoisotopic (exact) mass is 541 g/mol. The summed E-state index contributed by atoms with van der Waals surface area (Å²) in [5.41, 5.74) is 1.73. The number of benzene rings is 2. The number of hydrogen-bond donors (Lipinski definition) is 3. The molecule has 1 fully saturated rings. The molecule has 0 aliphatic heterocycles. The van der Waals surface area contributed by atoms with Gasteiger partial charge in [0.05, 0.1) is 20.3 Å². The minimum atomic E-state index is 0. The first-order valence-electron chi connectivity index (χ1n) is 10.3. The van der Waals surface area contributed by atoms with E-state index >= 15 is 0 Å². The van der Waals surface area contributed by atoms with E-state index in [9.17, 15) is 5.11 Å². The van der Waals surface area contributed by atoms with Crippen LogP contribution in [0.5, 0.6) is 23.0 Å². The van der Waals surface area contributed by atoms with Gasteiger partial charge in [-0.25, -0.2) is 0 Å². The molecule has 3 N–H and O–H groups in total. The summed E-state index contributed by atoms with van der Waals surface area (Å²) in [7, 11) is 4.97. The quantitative estimate of drug-likeness (QED) is 0.264. The summed E-state index contributed by atoms with van der Waals surface area (Å²) in [5.74, 6) is 3.05. The van der Waals surface area contributed by atoms with Gasteiger partial charge in [-0.05, 0) is 49.9 Å². The van der Waals surface area contributed by atoms with Crippen molar-refractivity contribution >= 4 is 29.9 Å². The van der Waals surface area contributed by atoms with Crippen molar-refractivity contribution in [2.24, 2.45) is 4.99 Å². The molecule has 0 aromatic heterocycles. The molecule has 2 aromatic rings. The van der Waals surface area contributed by atoms with Crippen LogP contribution in [0.25, 0.3) is 0 Å². The summed E-state index contributed by atoms with van der Waals surface area (Å²) in [6.07, 6.45) is 4.83. The summed E-state index contributed by atoms with van der Waals surface area (Å²) < 4.78 is 17.1. The van der Waals surface area contributed by atoms with E-state index in [-0.39, 0.29) is 35.8 Å². The van der Waals surface area contributed by atoms with Crippen molar-refractivity contribution in [2.45, 2.75) is 44.9 Å². The number of para-hydroxylation sites is 1. The minimum absolute atomic E-state index is 0. The second kappa shape index (κ2) is 12.5. The van der Waals surface area contributed by atoms with Crippen LogP contribution in [0.15, 0.2) is 41.4 Å². The first kappa shape index (κ1) is 24.9. The second-order valence-electron chi connectivity index (χ2n) is 7.25. The van der Waals surface area contributed by atoms with E-state index in [0.717, 1.165) is 35.5 Å². The van der Waals surface area contributed by atoms with Gasteiger partial charge in [-0.2, -0.15) is 0 Å². The van der Waals surface area contributed by atoms with Gasteiger partial charge >= 0.3 is 0 Å². The number of guanidine groups is 1. The molecule has 8 heteroatoms. The zero-order valence-corrected chi connectivity index (χ0v) is 20.6. The Morgan fingerprint density at radius 3 is 2.39 bits per heavy atom. The molecule has 31 heavy (non-hydrogen) atoms. The molecular weight excluding hydrogens is 509 g/mol. The maximum Gasteiger partial charge on any atom is 0.191 e. The van der Waals surface area contributed by atoms with Crippen LogP contribution in [0.4, 0.5) is 0 Å². The standard InChI is InChI=1S/C23H31N3O4.HI/c1-24-23(26-15-17-13-19(28-2)11-12-20(17)27)25-14-16-7-6-10-21(29-3)22(16)30-18-8-4-5-9-18;/h6-7,10-13,18,27H,4-5,8-9,14-15H2,1-3H3,(H2,24,25,26);1H. The summed E-state index contributed by atoms with van der Waals surface area (Å²) in [5, 5.41) is 16.6. The fourth-order valence-corrected chi connectivity index (χ4v) is 3.58. The van der Waals surface area contributed by atoms with Gasteiger partial charge in [0, 0.05) is 31.3 Å². The number of methoxy groups -OCH3 is 2. The van der Waals surface area contributed by atoms with Crippen molar-refractivity contribution in [3.63, 3.8) is 0 Å². The predicted molar refractivity (Wildman–Crippen MR) is 133 cm³/mol. The van der Waals surface area contributed by atoms with Crippen LogP contribution in [0.2, 0.25) is 0 Å². The molecule has 1 saturated carbocycles. The highest BCUT2D eigenvalue weighted by atomic mass is 127. The molecule has 2 aromatic carbocycles. The average Bonchev–Trinajstić information content (AvgIpc) is 3.29. The Morgan fingerprint density at radius 1 is 1.03 bits per heavy atom. The molecule has 7 nitrogen and oxygen atoms in total. The van der Waals surface area contributed by atoms with Crippen molar-refractivity contribution < 1.29 is 19.3 Å². The van der Waals surface area contributed by atoms with Crippen LogP contribution in [0, 0.1) is 0 Å². The summed E-state index contributed by atoms with van der Waals surface area (Å²) in [6.45, 7) is 0.940. The lowest BCUT2D eigenvalue weighted by molar-refractivity contribution is 0.198. The van der Waals surface area contributed by atoms with Crippen molar-refractivity contribution in [1.82, 2.24) is 10.6 Å². The summed E-state index contributed by atoms with van der Waals surface area (Å²) >= 11 is 0. The molecule has 0 bridgehead atoms. The lowest BCUT2D eigenvalue weighted by atomic mass is 10.1. The number of phenolic OH excluding ortho intramolecular Hbond substituents is 1. The van der Waals surface area contributed by atoms with Gasteiger partial charge in [0.15, 0.2) is 17.5 Å². The van der Waals surface area contributed by atoms with Gasteiger partial charge in [-0.15, -0.1) is 24.0 Å². The van der Waals surface area contributed by atoms with E-state index < -0.39 is 0 Å². The Kier molecular flexibility index (Phi) is 10.0. The third-order valence-corrected chi connectivity index (χ3v) is 5.27. The number of nitrogens with one attached hydrogen (secondary N) is 2. The number of rotatable bonds is 8. The molecule has 0 atom stereocenters. The number of nitrogens with zero attached hydrogens (tertiary/aromatic N) is 1. The molecule has 0 heterocycles. The fraction of sp³-hybridized carbons (Fsp3) is 0.435. The van der Waals surface area contributed by atoms with E-state index in [1.807, 2.05) is 18.2 Å². The first-order chi connectivity index (χ1) is 14.6. The normalized spacial score (nSPS) is 14.0. The van der Waals surface area contributed by atoms with Gasteiger partial charge in [-0.1, -0.05) is 12.1 Å². The zero-order valence-electron chi connectivity index (χ0n) is 18.3. The van der Waals surface area contributed by atoms with E-state index in [4.69, 9.17) is 14.2 Å². The van der Waals surface area contributed by atoms with E-state index in [1.165, 1.54) is 12.8 Å². The fourth-order valence-electron chi connectivity index (χ4n) is 3.58. The SMILES string of the molecule is CN=C(NCc1cc(OC)ccc1O)NCc1cccc(OC)c1OC1CCCC1.I. The van der Waals surface area contributed by atoms with Crippen LogP contribution in [-0.2, 0) is 13.1 Å².